The Balaban J connectivity index is 1.93. The van der Waals surface area contributed by atoms with Gasteiger partial charge >= 0.3 is 0 Å². The molecule has 1 atom stereocenters. The van der Waals surface area contributed by atoms with E-state index in [9.17, 15) is 9.18 Å². The lowest BCUT2D eigenvalue weighted by atomic mass is 9.84. The number of hydrogen-bond acceptors (Lipinski definition) is 3. The van der Waals surface area contributed by atoms with Crippen LogP contribution in [-0.4, -0.2) is 23.7 Å². The summed E-state index contributed by atoms with van der Waals surface area (Å²) in [5, 5.41) is 12.0. The Bertz CT molecular complexity index is 713. The van der Waals surface area contributed by atoms with Crippen molar-refractivity contribution in [2.24, 2.45) is 0 Å². The van der Waals surface area contributed by atoms with Gasteiger partial charge in [0.25, 0.3) is 5.91 Å². The molecule has 2 aromatic carbocycles. The van der Waals surface area contributed by atoms with Crippen LogP contribution in [0.2, 0.25) is 0 Å². The minimum absolute atomic E-state index is 0.0797. The summed E-state index contributed by atoms with van der Waals surface area (Å²) in [4.78, 5) is 12.3. The molecule has 4 nitrogen and oxygen atoms in total. The van der Waals surface area contributed by atoms with Gasteiger partial charge in [0.2, 0.25) is 0 Å². The summed E-state index contributed by atoms with van der Waals surface area (Å²) in [6.07, 6.45) is -0.669. The summed E-state index contributed by atoms with van der Waals surface area (Å²) in [5.41, 5.74) is 1.33. The van der Waals surface area contributed by atoms with Crippen molar-refractivity contribution in [3.63, 3.8) is 0 Å². The molecule has 0 spiro atoms. The van der Waals surface area contributed by atoms with Gasteiger partial charge < -0.3 is 15.2 Å². The summed E-state index contributed by atoms with van der Waals surface area (Å²) >= 11 is 0. The number of aliphatic hydroxyl groups excluding tert-OH is 1. The molecular weight excluding hydrogens is 321 g/mol. The Morgan fingerprint density at radius 1 is 1.24 bits per heavy atom. The molecule has 2 N–H and O–H groups in total. The van der Waals surface area contributed by atoms with Gasteiger partial charge in [-0.1, -0.05) is 38.1 Å². The topological polar surface area (TPSA) is 58.6 Å². The molecule has 0 aliphatic rings. The van der Waals surface area contributed by atoms with Crippen molar-refractivity contribution in [3.05, 3.63) is 65.5 Å². The molecule has 1 amide bonds. The van der Waals surface area contributed by atoms with Gasteiger partial charge in [-0.2, -0.15) is 0 Å². The normalized spacial score (nSPS) is 12.5. The van der Waals surface area contributed by atoms with E-state index in [0.717, 1.165) is 11.1 Å². The molecule has 0 fully saturated rings. The molecule has 5 heteroatoms. The van der Waals surface area contributed by atoms with Gasteiger partial charge in [-0.3, -0.25) is 4.79 Å². The quantitative estimate of drug-likeness (QED) is 0.810. The fourth-order valence-electron chi connectivity index (χ4n) is 2.43. The Morgan fingerprint density at radius 3 is 2.56 bits per heavy atom. The van der Waals surface area contributed by atoms with Crippen LogP contribution in [0, 0.1) is 5.82 Å². The third-order valence-electron chi connectivity index (χ3n) is 4.09. The zero-order valence-electron chi connectivity index (χ0n) is 14.8. The zero-order valence-corrected chi connectivity index (χ0v) is 14.8. The Kier molecular flexibility index (Phi) is 6.15. The summed E-state index contributed by atoms with van der Waals surface area (Å²) in [5.74, 6) is 0.0206. The fourth-order valence-corrected chi connectivity index (χ4v) is 2.43. The van der Waals surface area contributed by atoms with E-state index in [1.165, 1.54) is 12.1 Å². The Labute approximate surface area is 147 Å². The minimum Gasteiger partial charge on any atom is -0.481 e. The minimum atomic E-state index is -0.669. The van der Waals surface area contributed by atoms with E-state index in [4.69, 9.17) is 9.84 Å². The summed E-state index contributed by atoms with van der Waals surface area (Å²) in [7, 11) is 0. The Hall–Kier alpha value is -2.40. The molecule has 0 aliphatic heterocycles. The van der Waals surface area contributed by atoms with E-state index in [0.29, 0.717) is 12.3 Å². The van der Waals surface area contributed by atoms with Crippen molar-refractivity contribution in [2.45, 2.75) is 38.9 Å². The number of amides is 1. The molecular formula is C20H24FNO3. The molecule has 25 heavy (non-hydrogen) atoms. The van der Waals surface area contributed by atoms with E-state index < -0.39 is 6.10 Å². The van der Waals surface area contributed by atoms with Crippen LogP contribution in [0.25, 0.3) is 0 Å². The zero-order chi connectivity index (χ0) is 18.4. The van der Waals surface area contributed by atoms with Crippen molar-refractivity contribution in [3.8, 4) is 5.75 Å². The fraction of sp³-hybridized carbons (Fsp3) is 0.350. The number of hydrogen-bond donors (Lipinski definition) is 2. The van der Waals surface area contributed by atoms with Crippen molar-refractivity contribution in [1.29, 1.82) is 0 Å². The maximum Gasteiger partial charge on any atom is 0.260 e. The van der Waals surface area contributed by atoms with Crippen molar-refractivity contribution < 1.29 is 19.0 Å². The number of nitrogens with one attached hydrogen (secondary N) is 1. The van der Waals surface area contributed by atoms with Crippen LogP contribution in [0.4, 0.5) is 4.39 Å². The maximum atomic E-state index is 13.1. The largest absolute Gasteiger partial charge is 0.481 e. The molecule has 0 aromatic heterocycles. The second-order valence-corrected chi connectivity index (χ2v) is 6.67. The first-order valence-corrected chi connectivity index (χ1v) is 8.22. The molecule has 0 saturated heterocycles. The number of benzene rings is 2. The maximum absolute atomic E-state index is 13.1. The molecule has 0 saturated carbocycles. The SMILES string of the molecule is CC(Oc1cccc(CO)c1)C(=O)NCC(C)(C)c1ccc(F)cc1. The van der Waals surface area contributed by atoms with Crippen LogP contribution >= 0.6 is 0 Å². The lowest BCUT2D eigenvalue weighted by Crippen LogP contribution is -2.42. The molecule has 0 radical (unpaired) electrons. The first-order valence-electron chi connectivity index (χ1n) is 8.22. The summed E-state index contributed by atoms with van der Waals surface area (Å²) < 4.78 is 18.7. The van der Waals surface area contributed by atoms with E-state index in [2.05, 4.69) is 5.32 Å². The highest BCUT2D eigenvalue weighted by Gasteiger charge is 2.23. The average Bonchev–Trinajstić information content (AvgIpc) is 2.60. The second kappa shape index (κ2) is 8.12. The van der Waals surface area contributed by atoms with Gasteiger partial charge in [-0.15, -0.1) is 0 Å². The molecule has 0 aliphatic carbocycles. The number of halogens is 1. The molecule has 1 unspecified atom stereocenters. The van der Waals surface area contributed by atoms with Crippen LogP contribution in [0.1, 0.15) is 31.9 Å². The predicted molar refractivity (Wildman–Crippen MR) is 94.9 cm³/mol. The van der Waals surface area contributed by atoms with Crippen molar-refractivity contribution in [1.82, 2.24) is 5.32 Å². The molecule has 134 valence electrons. The third kappa shape index (κ3) is 5.29. The summed E-state index contributed by atoms with van der Waals surface area (Å²) in [6.45, 7) is 5.96. The van der Waals surface area contributed by atoms with Crippen LogP contribution in [0.5, 0.6) is 5.75 Å². The van der Waals surface area contributed by atoms with Crippen LogP contribution < -0.4 is 10.1 Å². The Morgan fingerprint density at radius 2 is 1.92 bits per heavy atom. The van der Waals surface area contributed by atoms with E-state index in [-0.39, 0.29) is 23.7 Å². The molecule has 0 bridgehead atoms. The van der Waals surface area contributed by atoms with Gasteiger partial charge in [-0.25, -0.2) is 4.39 Å². The van der Waals surface area contributed by atoms with Gasteiger partial charge in [0.05, 0.1) is 6.61 Å². The third-order valence-corrected chi connectivity index (χ3v) is 4.09. The van der Waals surface area contributed by atoms with Gasteiger partial charge in [0.15, 0.2) is 6.10 Å². The van der Waals surface area contributed by atoms with Gasteiger partial charge in [0, 0.05) is 12.0 Å². The van der Waals surface area contributed by atoms with Crippen molar-refractivity contribution in [2.75, 3.05) is 6.54 Å². The molecule has 2 rings (SSSR count). The van der Waals surface area contributed by atoms with Crippen LogP contribution in [-0.2, 0) is 16.8 Å². The number of rotatable bonds is 7. The average molecular weight is 345 g/mol. The highest BCUT2D eigenvalue weighted by Crippen LogP contribution is 2.22. The smallest absolute Gasteiger partial charge is 0.260 e. The first kappa shape index (κ1) is 18.9. The number of ether oxygens (including phenoxy) is 1. The van der Waals surface area contributed by atoms with Crippen molar-refractivity contribution >= 4 is 5.91 Å². The van der Waals surface area contributed by atoms with Gasteiger partial charge in [-0.05, 0) is 42.3 Å². The molecule has 0 heterocycles. The predicted octanol–water partition coefficient (Wildman–Crippen LogP) is 3.18. The van der Waals surface area contributed by atoms with Crippen LogP contribution in [0.15, 0.2) is 48.5 Å². The number of carbonyl (C=O) groups excluding carboxylic acids is 1. The van der Waals surface area contributed by atoms with E-state index in [1.54, 1.807) is 43.3 Å². The standard InChI is InChI=1S/C20H24FNO3/c1-14(25-18-6-4-5-15(11-18)12-23)19(24)22-13-20(2,3)16-7-9-17(21)10-8-16/h4-11,14,23H,12-13H2,1-3H3,(H,22,24). The van der Waals surface area contributed by atoms with Gasteiger partial charge in [0.1, 0.15) is 11.6 Å². The van der Waals surface area contributed by atoms with E-state index in [1.807, 2.05) is 13.8 Å². The number of carbonyl (C=O) groups is 1. The monoisotopic (exact) mass is 345 g/mol. The number of aliphatic hydroxyl groups is 1. The highest BCUT2D eigenvalue weighted by atomic mass is 19.1. The molecule has 2 aromatic rings. The highest BCUT2D eigenvalue weighted by molar-refractivity contribution is 5.80. The second-order valence-electron chi connectivity index (χ2n) is 6.67. The lowest BCUT2D eigenvalue weighted by Gasteiger charge is -2.26. The van der Waals surface area contributed by atoms with Crippen LogP contribution in [0.3, 0.4) is 0 Å². The lowest BCUT2D eigenvalue weighted by molar-refractivity contribution is -0.127. The first-order chi connectivity index (χ1) is 11.8. The van der Waals surface area contributed by atoms with E-state index >= 15 is 0 Å². The summed E-state index contributed by atoms with van der Waals surface area (Å²) in [6, 6.07) is 13.3.